The summed E-state index contributed by atoms with van der Waals surface area (Å²) >= 11 is 1.17. The van der Waals surface area contributed by atoms with Crippen molar-refractivity contribution in [1.29, 1.82) is 0 Å². The molecule has 3 rings (SSSR count). The minimum absolute atomic E-state index is 0.225. The van der Waals surface area contributed by atoms with E-state index in [1.54, 1.807) is 18.2 Å². The van der Waals surface area contributed by atoms with Crippen LogP contribution in [0.25, 0.3) is 10.6 Å². The molecule has 0 aliphatic heterocycles. The van der Waals surface area contributed by atoms with Gasteiger partial charge < -0.3 is 4.74 Å². The number of rotatable bonds is 5. The van der Waals surface area contributed by atoms with Gasteiger partial charge in [-0.05, 0) is 12.1 Å². The molecule has 0 unspecified atom stereocenters. The number of benzene rings is 2. The fraction of sp³-hybridized carbons (Fsp3) is 0.0556. The summed E-state index contributed by atoms with van der Waals surface area (Å²) in [4.78, 5) is 23.8. The molecule has 0 atom stereocenters. The van der Waals surface area contributed by atoms with E-state index in [4.69, 9.17) is 4.74 Å². The van der Waals surface area contributed by atoms with Gasteiger partial charge in [-0.25, -0.2) is 5.43 Å². The van der Waals surface area contributed by atoms with Crippen molar-refractivity contribution in [2.75, 3.05) is 12.4 Å². The number of anilines is 1. The van der Waals surface area contributed by atoms with Gasteiger partial charge in [0.25, 0.3) is 0 Å². The van der Waals surface area contributed by atoms with Crippen molar-refractivity contribution in [3.8, 4) is 16.3 Å². The van der Waals surface area contributed by atoms with Crippen molar-refractivity contribution < 1.29 is 14.3 Å². The van der Waals surface area contributed by atoms with Gasteiger partial charge in [-0.1, -0.05) is 53.8 Å². The first-order chi connectivity index (χ1) is 13.2. The van der Waals surface area contributed by atoms with E-state index >= 15 is 0 Å². The number of methoxy groups -OCH3 is 1. The Morgan fingerprint density at radius 3 is 2.56 bits per heavy atom. The number of aromatic nitrogens is 2. The first kappa shape index (κ1) is 18.2. The van der Waals surface area contributed by atoms with Gasteiger partial charge in [-0.15, -0.1) is 10.2 Å². The molecule has 8 nitrogen and oxygen atoms in total. The number of nitrogens with one attached hydrogen (secondary N) is 2. The van der Waals surface area contributed by atoms with E-state index in [0.717, 1.165) is 5.56 Å². The molecular weight excluding hydrogens is 366 g/mol. The first-order valence-corrected chi connectivity index (χ1v) is 8.65. The number of carbonyl (C=O) groups is 2. The Bertz CT molecular complexity index is 972. The lowest BCUT2D eigenvalue weighted by atomic mass is 10.2. The van der Waals surface area contributed by atoms with Crippen LogP contribution in [0.3, 0.4) is 0 Å². The van der Waals surface area contributed by atoms with Crippen LogP contribution < -0.4 is 15.5 Å². The zero-order valence-corrected chi connectivity index (χ0v) is 15.1. The van der Waals surface area contributed by atoms with Gasteiger partial charge in [0.2, 0.25) is 5.13 Å². The zero-order chi connectivity index (χ0) is 19.1. The van der Waals surface area contributed by atoms with Crippen LogP contribution in [0.4, 0.5) is 5.13 Å². The lowest BCUT2D eigenvalue weighted by Crippen LogP contribution is -2.32. The number of carbonyl (C=O) groups excluding carboxylic acids is 2. The summed E-state index contributed by atoms with van der Waals surface area (Å²) in [7, 11) is 1.53. The number of hydrazone groups is 1. The van der Waals surface area contributed by atoms with Crippen molar-refractivity contribution in [2.45, 2.75) is 0 Å². The third-order valence-electron chi connectivity index (χ3n) is 3.38. The Kier molecular flexibility index (Phi) is 5.85. The van der Waals surface area contributed by atoms with E-state index in [1.807, 2.05) is 36.4 Å². The summed E-state index contributed by atoms with van der Waals surface area (Å²) in [6, 6.07) is 16.5. The average Bonchev–Trinajstić information content (AvgIpc) is 3.17. The highest BCUT2D eigenvalue weighted by atomic mass is 32.1. The van der Waals surface area contributed by atoms with Crippen LogP contribution in [0.2, 0.25) is 0 Å². The van der Waals surface area contributed by atoms with E-state index in [2.05, 4.69) is 26.0 Å². The highest BCUT2D eigenvalue weighted by Crippen LogP contribution is 2.25. The summed E-state index contributed by atoms with van der Waals surface area (Å²) in [5.74, 6) is -1.21. The van der Waals surface area contributed by atoms with Crippen LogP contribution in [0.1, 0.15) is 5.56 Å². The Morgan fingerprint density at radius 2 is 1.78 bits per heavy atom. The third-order valence-corrected chi connectivity index (χ3v) is 4.27. The summed E-state index contributed by atoms with van der Waals surface area (Å²) in [5, 5.41) is 14.9. The second-order valence-corrected chi connectivity index (χ2v) is 6.15. The van der Waals surface area contributed by atoms with Crippen molar-refractivity contribution in [3.05, 3.63) is 60.2 Å². The number of para-hydroxylation sites is 1. The number of hydrogen-bond donors (Lipinski definition) is 2. The standard InChI is InChI=1S/C18H15N5O3S/c1-26-14-10-6-5-9-13(14)11-19-21-16(25)15(24)20-18-23-22-17(27-18)12-7-3-2-4-8-12/h2-11H,1H3,(H,21,25)(H,20,23,24)/b19-11-. The van der Waals surface area contributed by atoms with Gasteiger partial charge in [-0.2, -0.15) is 5.10 Å². The molecule has 0 aliphatic carbocycles. The maximum atomic E-state index is 11.9. The van der Waals surface area contributed by atoms with Crippen LogP contribution in [-0.2, 0) is 9.59 Å². The molecule has 0 fully saturated rings. The molecule has 0 saturated heterocycles. The van der Waals surface area contributed by atoms with Crippen LogP contribution >= 0.6 is 11.3 Å². The molecule has 0 aliphatic rings. The molecule has 27 heavy (non-hydrogen) atoms. The molecular formula is C18H15N5O3S. The lowest BCUT2D eigenvalue weighted by molar-refractivity contribution is -0.136. The fourth-order valence-corrected chi connectivity index (χ4v) is 2.85. The smallest absolute Gasteiger partial charge is 0.329 e. The molecule has 2 N–H and O–H groups in total. The van der Waals surface area contributed by atoms with Crippen LogP contribution in [0.15, 0.2) is 59.7 Å². The molecule has 136 valence electrons. The predicted molar refractivity (Wildman–Crippen MR) is 103 cm³/mol. The predicted octanol–water partition coefficient (Wildman–Crippen LogP) is 2.30. The summed E-state index contributed by atoms with van der Waals surface area (Å²) in [6.45, 7) is 0. The highest BCUT2D eigenvalue weighted by Gasteiger charge is 2.16. The molecule has 9 heteroatoms. The molecule has 1 heterocycles. The van der Waals surface area contributed by atoms with Gasteiger partial charge in [0.15, 0.2) is 0 Å². The Balaban J connectivity index is 1.57. The van der Waals surface area contributed by atoms with Crippen LogP contribution in [0.5, 0.6) is 5.75 Å². The quantitative estimate of drug-likeness (QED) is 0.401. The van der Waals surface area contributed by atoms with Crippen LogP contribution in [-0.4, -0.2) is 35.3 Å². The van der Waals surface area contributed by atoms with Gasteiger partial charge in [0, 0.05) is 11.1 Å². The van der Waals surface area contributed by atoms with Crippen molar-refractivity contribution in [1.82, 2.24) is 15.6 Å². The summed E-state index contributed by atoms with van der Waals surface area (Å²) in [6.07, 6.45) is 1.39. The van der Waals surface area contributed by atoms with Crippen molar-refractivity contribution in [3.63, 3.8) is 0 Å². The topological polar surface area (TPSA) is 106 Å². The van der Waals surface area contributed by atoms with Crippen molar-refractivity contribution >= 4 is 34.5 Å². The molecule has 0 spiro atoms. The van der Waals surface area contributed by atoms with E-state index in [9.17, 15) is 9.59 Å². The molecule has 0 saturated carbocycles. The fourth-order valence-electron chi connectivity index (χ4n) is 2.11. The van der Waals surface area contributed by atoms with E-state index < -0.39 is 11.8 Å². The minimum Gasteiger partial charge on any atom is -0.496 e. The van der Waals surface area contributed by atoms with Gasteiger partial charge in [0.1, 0.15) is 10.8 Å². The molecule has 0 bridgehead atoms. The molecule has 3 aromatic rings. The maximum absolute atomic E-state index is 11.9. The lowest BCUT2D eigenvalue weighted by Gasteiger charge is -2.03. The Morgan fingerprint density at radius 1 is 1.04 bits per heavy atom. The number of nitrogens with zero attached hydrogens (tertiary/aromatic N) is 3. The second kappa shape index (κ2) is 8.68. The third kappa shape index (κ3) is 4.73. The Hall–Kier alpha value is -3.59. The Labute approximate surface area is 158 Å². The monoisotopic (exact) mass is 381 g/mol. The zero-order valence-electron chi connectivity index (χ0n) is 14.2. The van der Waals surface area contributed by atoms with Crippen LogP contribution in [0, 0.1) is 0 Å². The molecule has 1 aromatic heterocycles. The second-order valence-electron chi connectivity index (χ2n) is 5.17. The molecule has 2 amide bonds. The van der Waals surface area contributed by atoms with E-state index in [0.29, 0.717) is 16.3 Å². The van der Waals surface area contributed by atoms with Gasteiger partial charge >= 0.3 is 11.8 Å². The molecule has 2 aromatic carbocycles. The minimum atomic E-state index is -0.919. The summed E-state index contributed by atoms with van der Waals surface area (Å²) in [5.41, 5.74) is 3.70. The van der Waals surface area contributed by atoms with Gasteiger partial charge in [-0.3, -0.25) is 14.9 Å². The largest absolute Gasteiger partial charge is 0.496 e. The van der Waals surface area contributed by atoms with Crippen molar-refractivity contribution in [2.24, 2.45) is 5.10 Å². The molecule has 0 radical (unpaired) electrons. The summed E-state index contributed by atoms with van der Waals surface area (Å²) < 4.78 is 5.17. The number of hydrogen-bond acceptors (Lipinski definition) is 7. The first-order valence-electron chi connectivity index (χ1n) is 7.83. The highest BCUT2D eigenvalue weighted by molar-refractivity contribution is 7.18. The number of ether oxygens (including phenoxy) is 1. The normalized spacial score (nSPS) is 10.6. The van der Waals surface area contributed by atoms with E-state index in [1.165, 1.54) is 24.7 Å². The SMILES string of the molecule is COc1ccccc1/C=N\NC(=O)C(=O)Nc1nnc(-c2ccccc2)s1. The van der Waals surface area contributed by atoms with E-state index in [-0.39, 0.29) is 5.13 Å². The van der Waals surface area contributed by atoms with Gasteiger partial charge in [0.05, 0.1) is 13.3 Å². The average molecular weight is 381 g/mol. The number of amides is 2. The maximum Gasteiger partial charge on any atom is 0.329 e.